The number of nitrogen functional groups attached to an aromatic ring is 1. The number of nitrogens with zero attached hydrogens (tertiary/aromatic N) is 1. The molecule has 1 aromatic carbocycles. The van der Waals surface area contributed by atoms with Gasteiger partial charge in [0, 0.05) is 4.47 Å². The number of rotatable bonds is 2. The van der Waals surface area contributed by atoms with Gasteiger partial charge in [0.1, 0.15) is 0 Å². The van der Waals surface area contributed by atoms with Crippen LogP contribution in [0.2, 0.25) is 0 Å². The lowest BCUT2D eigenvalue weighted by molar-refractivity contribution is 0.0590. The maximum atomic E-state index is 11.5. The van der Waals surface area contributed by atoms with Crippen molar-refractivity contribution < 1.29 is 14.1 Å². The van der Waals surface area contributed by atoms with E-state index in [0.29, 0.717) is 5.56 Å². The zero-order chi connectivity index (χ0) is 12.4. The number of aromatic nitrogens is 1. The molecular formula is C11H9BrN2O3. The molecule has 0 saturated heterocycles. The lowest BCUT2D eigenvalue weighted by Crippen LogP contribution is -2.03. The molecule has 2 N–H and O–H groups in total. The van der Waals surface area contributed by atoms with Crippen molar-refractivity contribution in [2.45, 2.75) is 0 Å². The van der Waals surface area contributed by atoms with E-state index in [0.717, 1.165) is 10.0 Å². The SMILES string of the molecule is COC(=O)c1noc(N)c1-c1cccc(Br)c1. The minimum Gasteiger partial charge on any atom is -0.464 e. The van der Waals surface area contributed by atoms with Gasteiger partial charge in [-0.25, -0.2) is 4.79 Å². The van der Waals surface area contributed by atoms with E-state index >= 15 is 0 Å². The Bertz CT molecular complexity index is 566. The molecule has 1 aromatic heterocycles. The van der Waals surface area contributed by atoms with E-state index in [9.17, 15) is 4.79 Å². The van der Waals surface area contributed by atoms with Crippen molar-refractivity contribution in [3.8, 4) is 11.1 Å². The highest BCUT2D eigenvalue weighted by Gasteiger charge is 2.22. The first-order valence-electron chi connectivity index (χ1n) is 4.73. The Kier molecular flexibility index (Phi) is 3.14. The van der Waals surface area contributed by atoms with Gasteiger partial charge in [-0.15, -0.1) is 0 Å². The van der Waals surface area contributed by atoms with Crippen LogP contribution in [-0.4, -0.2) is 18.2 Å². The van der Waals surface area contributed by atoms with Gasteiger partial charge in [-0.3, -0.25) is 0 Å². The molecule has 0 amide bonds. The first kappa shape index (κ1) is 11.7. The number of carbonyl (C=O) groups is 1. The second-order valence-corrected chi connectivity index (χ2v) is 4.19. The number of ether oxygens (including phenoxy) is 1. The van der Waals surface area contributed by atoms with Crippen LogP contribution >= 0.6 is 15.9 Å². The first-order valence-corrected chi connectivity index (χ1v) is 5.52. The third kappa shape index (κ3) is 2.16. The Labute approximate surface area is 106 Å². The number of hydrogen-bond donors (Lipinski definition) is 1. The Morgan fingerprint density at radius 3 is 2.94 bits per heavy atom. The lowest BCUT2D eigenvalue weighted by Gasteiger charge is -2.01. The van der Waals surface area contributed by atoms with Gasteiger partial charge in [-0.05, 0) is 17.7 Å². The van der Waals surface area contributed by atoms with E-state index in [2.05, 4.69) is 25.8 Å². The van der Waals surface area contributed by atoms with Gasteiger partial charge in [-0.1, -0.05) is 33.2 Å². The fourth-order valence-corrected chi connectivity index (χ4v) is 1.86. The molecule has 0 aliphatic heterocycles. The number of methoxy groups -OCH3 is 1. The molecule has 0 aliphatic rings. The molecule has 0 atom stereocenters. The summed E-state index contributed by atoms with van der Waals surface area (Å²) in [5.41, 5.74) is 6.91. The summed E-state index contributed by atoms with van der Waals surface area (Å²) in [6.45, 7) is 0. The zero-order valence-electron chi connectivity index (χ0n) is 8.94. The van der Waals surface area contributed by atoms with E-state index in [1.807, 2.05) is 18.2 Å². The van der Waals surface area contributed by atoms with Gasteiger partial charge in [0.2, 0.25) is 11.6 Å². The van der Waals surface area contributed by atoms with E-state index in [1.165, 1.54) is 7.11 Å². The Morgan fingerprint density at radius 1 is 1.53 bits per heavy atom. The molecule has 0 fully saturated rings. The van der Waals surface area contributed by atoms with Crippen molar-refractivity contribution in [3.05, 3.63) is 34.4 Å². The number of benzene rings is 1. The van der Waals surface area contributed by atoms with Crippen molar-refractivity contribution in [2.24, 2.45) is 0 Å². The van der Waals surface area contributed by atoms with Gasteiger partial charge >= 0.3 is 5.97 Å². The average molecular weight is 297 g/mol. The molecule has 1 heterocycles. The third-order valence-corrected chi connectivity index (χ3v) is 2.70. The smallest absolute Gasteiger partial charge is 0.361 e. The van der Waals surface area contributed by atoms with Crippen LogP contribution in [0.1, 0.15) is 10.5 Å². The van der Waals surface area contributed by atoms with Crippen LogP contribution < -0.4 is 5.73 Å². The minimum atomic E-state index is -0.583. The Balaban J connectivity index is 2.58. The summed E-state index contributed by atoms with van der Waals surface area (Å²) in [6, 6.07) is 7.31. The van der Waals surface area contributed by atoms with Crippen molar-refractivity contribution in [1.82, 2.24) is 5.16 Å². The van der Waals surface area contributed by atoms with E-state index in [4.69, 9.17) is 10.3 Å². The standard InChI is InChI=1S/C11H9BrN2O3/c1-16-11(15)9-8(10(13)17-14-9)6-3-2-4-7(12)5-6/h2-5H,13H2,1H3. The van der Waals surface area contributed by atoms with Crippen molar-refractivity contribution in [2.75, 3.05) is 12.8 Å². The summed E-state index contributed by atoms with van der Waals surface area (Å²) in [4.78, 5) is 11.5. The van der Waals surface area contributed by atoms with E-state index in [1.54, 1.807) is 6.07 Å². The van der Waals surface area contributed by atoms with Crippen LogP contribution in [0.3, 0.4) is 0 Å². The van der Waals surface area contributed by atoms with Gasteiger partial charge < -0.3 is 15.0 Å². The molecule has 17 heavy (non-hydrogen) atoms. The molecule has 0 saturated carbocycles. The van der Waals surface area contributed by atoms with Crippen LogP contribution in [0, 0.1) is 0 Å². The predicted octanol–water partition coefficient (Wildman–Crippen LogP) is 2.47. The summed E-state index contributed by atoms with van der Waals surface area (Å²) in [6.07, 6.45) is 0. The fourth-order valence-electron chi connectivity index (χ4n) is 1.46. The molecule has 0 unspecified atom stereocenters. The molecule has 2 rings (SSSR count). The number of carbonyl (C=O) groups excluding carboxylic acids is 1. The van der Waals surface area contributed by atoms with Gasteiger partial charge in [-0.2, -0.15) is 0 Å². The van der Waals surface area contributed by atoms with Crippen LogP contribution in [0.5, 0.6) is 0 Å². The van der Waals surface area contributed by atoms with Crippen molar-refractivity contribution in [3.63, 3.8) is 0 Å². The molecular weight excluding hydrogens is 288 g/mol. The second-order valence-electron chi connectivity index (χ2n) is 3.27. The van der Waals surface area contributed by atoms with Crippen molar-refractivity contribution >= 4 is 27.8 Å². The molecule has 0 radical (unpaired) electrons. The highest BCUT2D eigenvalue weighted by Crippen LogP contribution is 2.31. The van der Waals surface area contributed by atoms with Crippen LogP contribution in [0.25, 0.3) is 11.1 Å². The molecule has 0 bridgehead atoms. The van der Waals surface area contributed by atoms with Crippen LogP contribution in [0.15, 0.2) is 33.3 Å². The Hall–Kier alpha value is -1.82. The monoisotopic (exact) mass is 296 g/mol. The maximum absolute atomic E-state index is 11.5. The third-order valence-electron chi connectivity index (χ3n) is 2.21. The summed E-state index contributed by atoms with van der Waals surface area (Å²) in [5.74, 6) is -0.496. The molecule has 88 valence electrons. The number of esters is 1. The highest BCUT2D eigenvalue weighted by molar-refractivity contribution is 9.10. The summed E-state index contributed by atoms with van der Waals surface area (Å²) in [5, 5.41) is 3.60. The van der Waals surface area contributed by atoms with E-state index in [-0.39, 0.29) is 11.6 Å². The molecule has 2 aromatic rings. The fraction of sp³-hybridized carbons (Fsp3) is 0.0909. The zero-order valence-corrected chi connectivity index (χ0v) is 10.5. The molecule has 6 heteroatoms. The quantitative estimate of drug-likeness (QED) is 0.861. The number of nitrogens with two attached hydrogens (primary N) is 1. The number of halogens is 1. The van der Waals surface area contributed by atoms with Crippen LogP contribution in [0.4, 0.5) is 5.88 Å². The minimum absolute atomic E-state index is 0.0723. The Morgan fingerprint density at radius 2 is 2.29 bits per heavy atom. The van der Waals surface area contributed by atoms with Crippen molar-refractivity contribution in [1.29, 1.82) is 0 Å². The normalized spacial score (nSPS) is 10.2. The number of anilines is 1. The topological polar surface area (TPSA) is 78.3 Å². The number of hydrogen-bond acceptors (Lipinski definition) is 5. The largest absolute Gasteiger partial charge is 0.464 e. The second kappa shape index (κ2) is 4.58. The maximum Gasteiger partial charge on any atom is 0.361 e. The average Bonchev–Trinajstić information content (AvgIpc) is 2.70. The predicted molar refractivity (Wildman–Crippen MR) is 65.4 cm³/mol. The van der Waals surface area contributed by atoms with Gasteiger partial charge in [0.05, 0.1) is 12.7 Å². The summed E-state index contributed by atoms with van der Waals surface area (Å²) >= 11 is 3.34. The molecule has 5 nitrogen and oxygen atoms in total. The van der Waals surface area contributed by atoms with Gasteiger partial charge in [0.15, 0.2) is 0 Å². The lowest BCUT2D eigenvalue weighted by atomic mass is 10.1. The first-order chi connectivity index (χ1) is 8.13. The molecule has 0 spiro atoms. The summed E-state index contributed by atoms with van der Waals surface area (Å²) in [7, 11) is 1.28. The molecule has 0 aliphatic carbocycles. The summed E-state index contributed by atoms with van der Waals surface area (Å²) < 4.78 is 10.3. The van der Waals surface area contributed by atoms with Crippen LogP contribution in [-0.2, 0) is 4.74 Å². The van der Waals surface area contributed by atoms with E-state index < -0.39 is 5.97 Å². The van der Waals surface area contributed by atoms with Gasteiger partial charge in [0.25, 0.3) is 0 Å². The highest BCUT2D eigenvalue weighted by atomic mass is 79.9.